The van der Waals surface area contributed by atoms with Gasteiger partial charge in [0, 0.05) is 43.2 Å². The van der Waals surface area contributed by atoms with Crippen molar-refractivity contribution in [2.45, 2.75) is 19.4 Å². The van der Waals surface area contributed by atoms with Gasteiger partial charge in [-0.25, -0.2) is 9.97 Å². The standard InChI is InChI=1S/C14H18N4O/c1-10-6-13(11-2-3-15-8-11)18-14(17-10)7-12-9-16-4-5-19-12/h2-3,6,8,12,15-16H,4-5,7,9H2,1H3. The van der Waals surface area contributed by atoms with Crippen molar-refractivity contribution in [2.24, 2.45) is 0 Å². The van der Waals surface area contributed by atoms with E-state index in [2.05, 4.69) is 20.3 Å². The van der Waals surface area contributed by atoms with E-state index in [4.69, 9.17) is 4.74 Å². The van der Waals surface area contributed by atoms with Crippen LogP contribution in [0, 0.1) is 6.92 Å². The molecule has 2 N–H and O–H groups in total. The van der Waals surface area contributed by atoms with Gasteiger partial charge in [-0.1, -0.05) is 0 Å². The summed E-state index contributed by atoms with van der Waals surface area (Å²) in [7, 11) is 0. The lowest BCUT2D eigenvalue weighted by Gasteiger charge is -2.23. The Hall–Kier alpha value is -1.72. The van der Waals surface area contributed by atoms with Crippen molar-refractivity contribution in [1.29, 1.82) is 0 Å². The molecule has 5 heteroatoms. The van der Waals surface area contributed by atoms with Gasteiger partial charge in [0.05, 0.1) is 18.4 Å². The molecular weight excluding hydrogens is 240 g/mol. The first kappa shape index (κ1) is 12.3. The Morgan fingerprint density at radius 3 is 3.11 bits per heavy atom. The van der Waals surface area contributed by atoms with Crippen LogP contribution in [0.5, 0.6) is 0 Å². The van der Waals surface area contributed by atoms with E-state index in [0.717, 1.165) is 48.9 Å². The highest BCUT2D eigenvalue weighted by molar-refractivity contribution is 5.58. The van der Waals surface area contributed by atoms with Crippen molar-refractivity contribution in [3.8, 4) is 11.3 Å². The Bertz CT molecular complexity index is 532. The minimum Gasteiger partial charge on any atom is -0.375 e. The molecule has 3 rings (SSSR count). The van der Waals surface area contributed by atoms with Crippen molar-refractivity contribution >= 4 is 0 Å². The Labute approximate surface area is 112 Å². The van der Waals surface area contributed by atoms with Gasteiger partial charge in [-0.3, -0.25) is 0 Å². The molecule has 0 spiro atoms. The molecule has 0 radical (unpaired) electrons. The topological polar surface area (TPSA) is 62.8 Å². The first-order chi connectivity index (χ1) is 9.31. The van der Waals surface area contributed by atoms with E-state index in [9.17, 15) is 0 Å². The Balaban J connectivity index is 1.81. The zero-order chi connectivity index (χ0) is 13.1. The molecule has 3 heterocycles. The zero-order valence-corrected chi connectivity index (χ0v) is 11.0. The molecule has 1 atom stereocenters. The largest absolute Gasteiger partial charge is 0.375 e. The monoisotopic (exact) mass is 258 g/mol. The number of hydrogen-bond donors (Lipinski definition) is 2. The quantitative estimate of drug-likeness (QED) is 0.871. The third-order valence-corrected chi connectivity index (χ3v) is 3.21. The molecule has 100 valence electrons. The van der Waals surface area contributed by atoms with E-state index >= 15 is 0 Å². The van der Waals surface area contributed by atoms with Crippen LogP contribution in [0.3, 0.4) is 0 Å². The first-order valence-corrected chi connectivity index (χ1v) is 6.61. The van der Waals surface area contributed by atoms with E-state index < -0.39 is 0 Å². The van der Waals surface area contributed by atoms with Crippen LogP contribution in [0.25, 0.3) is 11.3 Å². The molecule has 1 aliphatic heterocycles. The molecule has 1 fully saturated rings. The maximum atomic E-state index is 5.70. The smallest absolute Gasteiger partial charge is 0.131 e. The third-order valence-electron chi connectivity index (χ3n) is 3.21. The fraction of sp³-hybridized carbons (Fsp3) is 0.429. The summed E-state index contributed by atoms with van der Waals surface area (Å²) in [6.45, 7) is 4.57. The average molecular weight is 258 g/mol. The Morgan fingerprint density at radius 1 is 1.42 bits per heavy atom. The molecule has 1 saturated heterocycles. The summed E-state index contributed by atoms with van der Waals surface area (Å²) in [5.74, 6) is 0.852. The number of nitrogens with zero attached hydrogens (tertiary/aromatic N) is 2. The maximum Gasteiger partial charge on any atom is 0.131 e. The molecule has 2 aromatic rings. The fourth-order valence-corrected chi connectivity index (χ4v) is 2.31. The predicted molar refractivity (Wildman–Crippen MR) is 72.9 cm³/mol. The predicted octanol–water partition coefficient (Wildman–Crippen LogP) is 1.31. The number of aromatic amines is 1. The summed E-state index contributed by atoms with van der Waals surface area (Å²) < 4.78 is 5.70. The Kier molecular flexibility index (Phi) is 3.57. The van der Waals surface area contributed by atoms with Crippen molar-refractivity contribution < 1.29 is 4.74 Å². The summed E-state index contributed by atoms with van der Waals surface area (Å²) in [4.78, 5) is 12.2. The van der Waals surface area contributed by atoms with Crippen LogP contribution in [-0.4, -0.2) is 40.8 Å². The molecule has 0 aliphatic carbocycles. The van der Waals surface area contributed by atoms with Crippen LogP contribution in [0.15, 0.2) is 24.5 Å². The second kappa shape index (κ2) is 5.50. The van der Waals surface area contributed by atoms with Crippen LogP contribution < -0.4 is 5.32 Å². The van der Waals surface area contributed by atoms with Crippen molar-refractivity contribution in [2.75, 3.05) is 19.7 Å². The molecule has 19 heavy (non-hydrogen) atoms. The highest BCUT2D eigenvalue weighted by atomic mass is 16.5. The number of rotatable bonds is 3. The van der Waals surface area contributed by atoms with Gasteiger partial charge in [-0.05, 0) is 19.1 Å². The fourth-order valence-electron chi connectivity index (χ4n) is 2.31. The SMILES string of the molecule is Cc1cc(-c2cc[nH]c2)nc(CC2CNCCO2)n1. The van der Waals surface area contributed by atoms with Gasteiger partial charge >= 0.3 is 0 Å². The molecule has 2 aromatic heterocycles. The minimum absolute atomic E-state index is 0.176. The molecule has 0 aromatic carbocycles. The van der Waals surface area contributed by atoms with Gasteiger partial charge in [0.25, 0.3) is 0 Å². The van der Waals surface area contributed by atoms with Crippen LogP contribution in [0.2, 0.25) is 0 Å². The van der Waals surface area contributed by atoms with Crippen LogP contribution in [0.1, 0.15) is 11.5 Å². The maximum absolute atomic E-state index is 5.70. The number of aryl methyl sites for hydroxylation is 1. The van der Waals surface area contributed by atoms with Crippen molar-refractivity contribution in [3.05, 3.63) is 36.0 Å². The molecule has 5 nitrogen and oxygen atoms in total. The number of morpholine rings is 1. The van der Waals surface area contributed by atoms with E-state index in [-0.39, 0.29) is 6.10 Å². The van der Waals surface area contributed by atoms with Gasteiger partial charge in [0.2, 0.25) is 0 Å². The lowest BCUT2D eigenvalue weighted by Crippen LogP contribution is -2.39. The number of nitrogens with one attached hydrogen (secondary N) is 2. The van der Waals surface area contributed by atoms with Gasteiger partial charge in [-0.15, -0.1) is 0 Å². The molecule has 1 unspecified atom stereocenters. The first-order valence-electron chi connectivity index (χ1n) is 6.61. The van der Waals surface area contributed by atoms with Gasteiger partial charge < -0.3 is 15.0 Å². The molecule has 0 amide bonds. The summed E-state index contributed by atoms with van der Waals surface area (Å²) in [6.07, 6.45) is 4.78. The van der Waals surface area contributed by atoms with Gasteiger partial charge in [0.1, 0.15) is 5.82 Å². The zero-order valence-electron chi connectivity index (χ0n) is 11.0. The summed E-state index contributed by atoms with van der Waals surface area (Å²) in [5, 5.41) is 3.33. The van der Waals surface area contributed by atoms with Crippen LogP contribution >= 0.6 is 0 Å². The summed E-state index contributed by atoms with van der Waals surface area (Å²) >= 11 is 0. The Morgan fingerprint density at radius 2 is 2.37 bits per heavy atom. The van der Waals surface area contributed by atoms with Gasteiger partial charge in [0.15, 0.2) is 0 Å². The number of H-pyrrole nitrogens is 1. The van der Waals surface area contributed by atoms with E-state index in [1.165, 1.54) is 0 Å². The highest BCUT2D eigenvalue weighted by Crippen LogP contribution is 2.17. The van der Waals surface area contributed by atoms with Crippen molar-refractivity contribution in [3.63, 3.8) is 0 Å². The van der Waals surface area contributed by atoms with Crippen molar-refractivity contribution in [1.82, 2.24) is 20.3 Å². The number of ether oxygens (including phenoxy) is 1. The van der Waals surface area contributed by atoms with E-state index in [1.54, 1.807) is 0 Å². The number of aromatic nitrogens is 3. The average Bonchev–Trinajstić information content (AvgIpc) is 2.93. The minimum atomic E-state index is 0.176. The normalized spacial score (nSPS) is 19.5. The molecule has 0 saturated carbocycles. The lowest BCUT2D eigenvalue weighted by molar-refractivity contribution is 0.0280. The second-order valence-corrected chi connectivity index (χ2v) is 4.81. The van der Waals surface area contributed by atoms with Gasteiger partial charge in [-0.2, -0.15) is 0 Å². The van der Waals surface area contributed by atoms with Crippen LogP contribution in [0.4, 0.5) is 0 Å². The molecule has 0 bridgehead atoms. The molecular formula is C14H18N4O. The third kappa shape index (κ3) is 3.00. The molecule has 1 aliphatic rings. The number of hydrogen-bond acceptors (Lipinski definition) is 4. The van der Waals surface area contributed by atoms with Crippen LogP contribution in [-0.2, 0) is 11.2 Å². The highest BCUT2D eigenvalue weighted by Gasteiger charge is 2.16. The van der Waals surface area contributed by atoms with E-state index in [0.29, 0.717) is 0 Å². The van der Waals surface area contributed by atoms with E-state index in [1.807, 2.05) is 31.5 Å². The second-order valence-electron chi connectivity index (χ2n) is 4.81. The summed E-state index contributed by atoms with van der Waals surface area (Å²) in [6, 6.07) is 4.02. The summed E-state index contributed by atoms with van der Waals surface area (Å²) in [5.41, 5.74) is 3.05. The lowest BCUT2D eigenvalue weighted by atomic mass is 10.2.